The van der Waals surface area contributed by atoms with Gasteiger partial charge in [-0.25, -0.2) is 0 Å². The van der Waals surface area contributed by atoms with E-state index < -0.39 is 6.04 Å². The third-order valence-corrected chi connectivity index (χ3v) is 4.99. The van der Waals surface area contributed by atoms with E-state index in [1.54, 1.807) is 4.90 Å². The fourth-order valence-electron chi connectivity index (χ4n) is 3.60. The minimum absolute atomic E-state index is 0.0978. The van der Waals surface area contributed by atoms with Crippen molar-refractivity contribution in [3.8, 4) is 5.75 Å². The molecule has 0 aliphatic carbocycles. The topological polar surface area (TPSA) is 58.6 Å². The van der Waals surface area contributed by atoms with Crippen molar-refractivity contribution in [2.45, 2.75) is 52.6 Å². The highest BCUT2D eigenvalue weighted by Crippen LogP contribution is 2.39. The Labute approximate surface area is 166 Å². The number of unbranched alkanes of at least 4 members (excludes halogenated alkanes) is 2. The van der Waals surface area contributed by atoms with Crippen molar-refractivity contribution in [3.63, 3.8) is 0 Å². The van der Waals surface area contributed by atoms with Crippen molar-refractivity contribution >= 4 is 17.5 Å². The monoisotopic (exact) mass is 380 g/mol. The van der Waals surface area contributed by atoms with Crippen LogP contribution in [-0.4, -0.2) is 18.4 Å². The van der Waals surface area contributed by atoms with E-state index in [1.807, 2.05) is 49.4 Å². The van der Waals surface area contributed by atoms with E-state index in [-0.39, 0.29) is 11.8 Å². The summed E-state index contributed by atoms with van der Waals surface area (Å²) in [6.45, 7) is 6.78. The molecule has 1 aliphatic rings. The number of nitrogens with one attached hydrogen (secondary N) is 1. The average Bonchev–Trinajstić information content (AvgIpc) is 2.93. The first-order valence-corrected chi connectivity index (χ1v) is 9.91. The molecular weight excluding hydrogens is 352 g/mol. The van der Waals surface area contributed by atoms with Gasteiger partial charge in [0.05, 0.1) is 18.8 Å². The van der Waals surface area contributed by atoms with Crippen molar-refractivity contribution < 1.29 is 14.3 Å². The van der Waals surface area contributed by atoms with Crippen LogP contribution >= 0.6 is 0 Å². The number of hydrogen-bond acceptors (Lipinski definition) is 3. The van der Waals surface area contributed by atoms with Gasteiger partial charge in [-0.1, -0.05) is 50.1 Å². The van der Waals surface area contributed by atoms with E-state index in [2.05, 4.69) is 12.2 Å². The van der Waals surface area contributed by atoms with Crippen LogP contribution in [0.4, 0.5) is 5.69 Å². The van der Waals surface area contributed by atoms with Crippen LogP contribution in [-0.2, 0) is 16.1 Å². The van der Waals surface area contributed by atoms with Crippen LogP contribution in [0.2, 0.25) is 0 Å². The summed E-state index contributed by atoms with van der Waals surface area (Å²) in [5.74, 6) is 0.539. The molecule has 1 atom stereocenters. The Morgan fingerprint density at radius 1 is 1.14 bits per heavy atom. The molecule has 5 nitrogen and oxygen atoms in total. The summed E-state index contributed by atoms with van der Waals surface area (Å²) in [6, 6.07) is 13.1. The summed E-state index contributed by atoms with van der Waals surface area (Å²) in [7, 11) is 0. The van der Waals surface area contributed by atoms with Gasteiger partial charge in [-0.15, -0.1) is 0 Å². The van der Waals surface area contributed by atoms with E-state index in [1.165, 1.54) is 19.8 Å². The number of benzene rings is 2. The van der Waals surface area contributed by atoms with Crippen molar-refractivity contribution in [1.82, 2.24) is 5.32 Å². The summed E-state index contributed by atoms with van der Waals surface area (Å²) < 4.78 is 5.76. The van der Waals surface area contributed by atoms with E-state index in [9.17, 15) is 9.59 Å². The smallest absolute Gasteiger partial charge is 0.254 e. The zero-order valence-electron chi connectivity index (χ0n) is 16.8. The number of amides is 2. The van der Waals surface area contributed by atoms with Crippen LogP contribution < -0.4 is 15.0 Å². The first-order valence-electron chi connectivity index (χ1n) is 9.91. The lowest BCUT2D eigenvalue weighted by molar-refractivity contribution is -0.126. The molecule has 0 radical (unpaired) electrons. The van der Waals surface area contributed by atoms with Gasteiger partial charge in [0.1, 0.15) is 11.8 Å². The van der Waals surface area contributed by atoms with Crippen LogP contribution in [0.15, 0.2) is 42.5 Å². The maximum atomic E-state index is 13.0. The van der Waals surface area contributed by atoms with E-state index >= 15 is 0 Å². The molecule has 148 valence electrons. The number of aryl methyl sites for hydroxylation is 1. The van der Waals surface area contributed by atoms with Gasteiger partial charge in [-0.3, -0.25) is 9.59 Å². The fraction of sp³-hybridized carbons (Fsp3) is 0.391. The Morgan fingerprint density at radius 3 is 2.57 bits per heavy atom. The van der Waals surface area contributed by atoms with Gasteiger partial charge < -0.3 is 15.0 Å². The Bertz CT molecular complexity index is 845. The zero-order valence-corrected chi connectivity index (χ0v) is 16.8. The Hall–Kier alpha value is -2.82. The molecule has 2 aromatic rings. The lowest BCUT2D eigenvalue weighted by Gasteiger charge is -2.20. The molecule has 1 heterocycles. The maximum absolute atomic E-state index is 13.0. The largest absolute Gasteiger partial charge is 0.494 e. The molecular formula is C23H28N2O3. The lowest BCUT2D eigenvalue weighted by Crippen LogP contribution is -2.36. The molecule has 1 N–H and O–H groups in total. The minimum atomic E-state index is -0.617. The number of rotatable bonds is 8. The van der Waals surface area contributed by atoms with Gasteiger partial charge in [0.25, 0.3) is 5.91 Å². The third kappa shape index (κ3) is 4.35. The van der Waals surface area contributed by atoms with Crippen molar-refractivity contribution in [2.75, 3.05) is 11.5 Å². The van der Waals surface area contributed by atoms with Crippen LogP contribution in [0.1, 0.15) is 55.8 Å². The number of ether oxygens (including phenoxy) is 1. The summed E-state index contributed by atoms with van der Waals surface area (Å²) in [6.07, 6.45) is 3.40. The second-order valence-electron chi connectivity index (χ2n) is 7.27. The van der Waals surface area contributed by atoms with Crippen molar-refractivity contribution in [2.24, 2.45) is 0 Å². The van der Waals surface area contributed by atoms with Gasteiger partial charge in [0, 0.05) is 12.5 Å². The Kier molecular flexibility index (Phi) is 6.34. The van der Waals surface area contributed by atoms with Crippen LogP contribution in [0, 0.1) is 6.92 Å². The number of carbonyl (C=O) groups is 2. The molecule has 0 bridgehead atoms. The van der Waals surface area contributed by atoms with Gasteiger partial charge in [0.2, 0.25) is 5.91 Å². The lowest BCUT2D eigenvalue weighted by atomic mass is 10.1. The first kappa shape index (κ1) is 19.9. The number of anilines is 1. The molecule has 0 saturated heterocycles. The normalized spacial score (nSPS) is 15.5. The molecule has 28 heavy (non-hydrogen) atoms. The maximum Gasteiger partial charge on any atom is 0.254 e. The SMILES string of the molecule is CCCCCOc1ccc(CN2C(=O)C(NC(C)=O)c3cccc(C)c32)cc1. The minimum Gasteiger partial charge on any atom is -0.494 e. The number of para-hydroxylation sites is 1. The highest BCUT2D eigenvalue weighted by atomic mass is 16.5. The Balaban J connectivity index is 1.75. The number of carbonyl (C=O) groups excluding carboxylic acids is 2. The van der Waals surface area contributed by atoms with Gasteiger partial charge in [-0.2, -0.15) is 0 Å². The van der Waals surface area contributed by atoms with E-state index in [0.717, 1.165) is 41.2 Å². The van der Waals surface area contributed by atoms with Crippen molar-refractivity contribution in [3.05, 3.63) is 59.2 Å². The first-order chi connectivity index (χ1) is 13.5. The summed E-state index contributed by atoms with van der Waals surface area (Å²) in [5, 5.41) is 2.78. The quantitative estimate of drug-likeness (QED) is 0.695. The fourth-order valence-corrected chi connectivity index (χ4v) is 3.60. The van der Waals surface area contributed by atoms with Gasteiger partial charge in [-0.05, 0) is 36.6 Å². The molecule has 1 aliphatic heterocycles. The number of hydrogen-bond donors (Lipinski definition) is 1. The highest BCUT2D eigenvalue weighted by Gasteiger charge is 2.38. The van der Waals surface area contributed by atoms with Crippen LogP contribution in [0.25, 0.3) is 0 Å². The molecule has 0 spiro atoms. The van der Waals surface area contributed by atoms with Crippen LogP contribution in [0.5, 0.6) is 5.75 Å². The van der Waals surface area contributed by atoms with E-state index in [4.69, 9.17) is 4.74 Å². The van der Waals surface area contributed by atoms with Gasteiger partial charge >= 0.3 is 0 Å². The van der Waals surface area contributed by atoms with Crippen molar-refractivity contribution in [1.29, 1.82) is 0 Å². The van der Waals surface area contributed by atoms with E-state index in [0.29, 0.717) is 6.54 Å². The second kappa shape index (κ2) is 8.91. The third-order valence-electron chi connectivity index (χ3n) is 4.99. The second-order valence-corrected chi connectivity index (χ2v) is 7.27. The van der Waals surface area contributed by atoms with Gasteiger partial charge in [0.15, 0.2) is 0 Å². The van der Waals surface area contributed by atoms with Crippen LogP contribution in [0.3, 0.4) is 0 Å². The molecule has 5 heteroatoms. The Morgan fingerprint density at radius 2 is 1.89 bits per heavy atom. The molecule has 0 aromatic heterocycles. The molecule has 2 aromatic carbocycles. The molecule has 0 saturated carbocycles. The standard InChI is InChI=1S/C23H28N2O3/c1-4-5-6-14-28-19-12-10-18(11-13-19)15-25-22-16(2)8-7-9-20(22)21(23(25)27)24-17(3)26/h7-13,21H,4-6,14-15H2,1-3H3,(H,24,26). The highest BCUT2D eigenvalue weighted by molar-refractivity contribution is 6.06. The number of fused-ring (bicyclic) bond motifs is 1. The number of nitrogens with zero attached hydrogens (tertiary/aromatic N) is 1. The molecule has 3 rings (SSSR count). The molecule has 2 amide bonds. The predicted octanol–water partition coefficient (Wildman–Crippen LogP) is 4.29. The summed E-state index contributed by atoms with van der Waals surface area (Å²) in [4.78, 5) is 26.4. The summed E-state index contributed by atoms with van der Waals surface area (Å²) >= 11 is 0. The average molecular weight is 380 g/mol. The molecule has 1 unspecified atom stereocenters. The zero-order chi connectivity index (χ0) is 20.1. The predicted molar refractivity (Wildman–Crippen MR) is 110 cm³/mol. The molecule has 0 fully saturated rings. The summed E-state index contributed by atoms with van der Waals surface area (Å²) in [5.41, 5.74) is 3.80.